The highest BCUT2D eigenvalue weighted by atomic mass is 16.3. The molecule has 0 aliphatic heterocycles. The molecule has 244 valence electrons. The second-order valence-corrected chi connectivity index (χ2v) is 13.6. The number of hydrogen-bond acceptors (Lipinski definition) is 1. The molecule has 0 fully saturated rings. The summed E-state index contributed by atoms with van der Waals surface area (Å²) in [7, 11) is 0. The zero-order chi connectivity index (χ0) is 34.4. The van der Waals surface area contributed by atoms with Crippen molar-refractivity contribution in [2.24, 2.45) is 0 Å². The summed E-state index contributed by atoms with van der Waals surface area (Å²) in [4.78, 5) is 0. The molecule has 0 spiro atoms. The van der Waals surface area contributed by atoms with E-state index in [0.29, 0.717) is 0 Å². The fourth-order valence-corrected chi connectivity index (χ4v) is 8.05. The van der Waals surface area contributed by atoms with Gasteiger partial charge in [0.05, 0.1) is 0 Å². The van der Waals surface area contributed by atoms with Gasteiger partial charge in [0.2, 0.25) is 0 Å². The fraction of sp³-hybridized carbons (Fsp3) is 0.0196. The van der Waals surface area contributed by atoms with Crippen LogP contribution in [0.2, 0.25) is 0 Å². The average molecular weight is 663 g/mol. The van der Waals surface area contributed by atoms with Crippen molar-refractivity contribution in [1.82, 2.24) is 0 Å². The first kappa shape index (κ1) is 30.2. The number of furan rings is 1. The van der Waals surface area contributed by atoms with E-state index in [9.17, 15) is 0 Å². The average Bonchev–Trinajstić information content (AvgIpc) is 3.61. The Morgan fingerprint density at radius 2 is 0.827 bits per heavy atom. The molecule has 10 aromatic rings. The Kier molecular flexibility index (Phi) is 7.29. The van der Waals surface area contributed by atoms with Gasteiger partial charge >= 0.3 is 0 Å². The van der Waals surface area contributed by atoms with E-state index in [1.165, 1.54) is 66.2 Å². The molecule has 9 aromatic carbocycles. The number of fused-ring (bicyclic) bond motifs is 6. The van der Waals surface area contributed by atoms with Crippen molar-refractivity contribution in [3.05, 3.63) is 217 Å². The normalized spacial score (nSPS) is 12.2. The molecular weight excluding hydrogens is 629 g/mol. The summed E-state index contributed by atoms with van der Waals surface area (Å²) < 4.78 is 6.40. The van der Waals surface area contributed by atoms with Crippen LogP contribution in [0, 0.1) is 0 Å². The minimum absolute atomic E-state index is 0.0618. The first-order chi connectivity index (χ1) is 25.8. The molecule has 0 bridgehead atoms. The highest BCUT2D eigenvalue weighted by Gasteiger charge is 2.21. The molecule has 1 heterocycles. The second kappa shape index (κ2) is 12.6. The van der Waals surface area contributed by atoms with Crippen LogP contribution in [0.15, 0.2) is 205 Å². The van der Waals surface area contributed by atoms with Gasteiger partial charge in [-0.2, -0.15) is 0 Å². The second-order valence-electron chi connectivity index (χ2n) is 13.6. The summed E-state index contributed by atoms with van der Waals surface area (Å²) in [6, 6.07) is 72.5. The standard InChI is InChI=1S/C51H34O/c1-2-11-34(12-3-1)35-21-23-36(24-22-35)37-25-29-40(30-26-37)50(45-19-10-14-38-13-4-5-15-42(38)45)41-31-27-39(28-32-41)47-33-48-44-17-8-9-20-49(44)52-51(48)46-18-7-6-16-43(46)47/h1-33,50H. The van der Waals surface area contributed by atoms with Crippen molar-refractivity contribution in [2.45, 2.75) is 5.92 Å². The van der Waals surface area contributed by atoms with E-state index in [2.05, 4.69) is 194 Å². The molecule has 1 aromatic heterocycles. The Balaban J connectivity index is 1.07. The van der Waals surface area contributed by atoms with E-state index in [1.807, 2.05) is 6.07 Å². The molecule has 1 nitrogen and oxygen atoms in total. The monoisotopic (exact) mass is 662 g/mol. The zero-order valence-corrected chi connectivity index (χ0v) is 28.5. The van der Waals surface area contributed by atoms with Crippen LogP contribution in [0.25, 0.3) is 76.9 Å². The van der Waals surface area contributed by atoms with Crippen molar-refractivity contribution in [3.8, 4) is 33.4 Å². The highest BCUT2D eigenvalue weighted by Crippen LogP contribution is 2.42. The third-order valence-corrected chi connectivity index (χ3v) is 10.6. The van der Waals surface area contributed by atoms with E-state index in [-0.39, 0.29) is 5.92 Å². The lowest BCUT2D eigenvalue weighted by atomic mass is 9.82. The summed E-state index contributed by atoms with van der Waals surface area (Å²) in [6.07, 6.45) is 0. The lowest BCUT2D eigenvalue weighted by Gasteiger charge is -2.22. The Bertz CT molecular complexity index is 2860. The largest absolute Gasteiger partial charge is 0.455 e. The van der Waals surface area contributed by atoms with E-state index < -0.39 is 0 Å². The predicted octanol–water partition coefficient (Wildman–Crippen LogP) is 14.1. The number of rotatable bonds is 6. The van der Waals surface area contributed by atoms with Gasteiger partial charge in [0.15, 0.2) is 0 Å². The lowest BCUT2D eigenvalue weighted by molar-refractivity contribution is 0.672. The van der Waals surface area contributed by atoms with Crippen LogP contribution in [0.5, 0.6) is 0 Å². The molecule has 10 rings (SSSR count). The molecule has 0 N–H and O–H groups in total. The van der Waals surface area contributed by atoms with Gasteiger partial charge in [-0.05, 0) is 78.4 Å². The van der Waals surface area contributed by atoms with Crippen molar-refractivity contribution >= 4 is 43.5 Å². The van der Waals surface area contributed by atoms with Crippen molar-refractivity contribution in [3.63, 3.8) is 0 Å². The smallest absolute Gasteiger partial charge is 0.143 e. The van der Waals surface area contributed by atoms with Crippen molar-refractivity contribution < 1.29 is 4.42 Å². The quantitative estimate of drug-likeness (QED) is 0.162. The van der Waals surface area contributed by atoms with Crippen molar-refractivity contribution in [2.75, 3.05) is 0 Å². The molecule has 0 aliphatic carbocycles. The maximum Gasteiger partial charge on any atom is 0.143 e. The van der Waals surface area contributed by atoms with E-state index in [0.717, 1.165) is 27.3 Å². The highest BCUT2D eigenvalue weighted by molar-refractivity contribution is 6.19. The Morgan fingerprint density at radius 1 is 0.327 bits per heavy atom. The molecule has 1 atom stereocenters. The molecule has 0 saturated heterocycles. The van der Waals surface area contributed by atoms with Crippen LogP contribution in [-0.2, 0) is 0 Å². The van der Waals surface area contributed by atoms with Crippen LogP contribution >= 0.6 is 0 Å². The first-order valence-corrected chi connectivity index (χ1v) is 18.0. The van der Waals surface area contributed by atoms with E-state index >= 15 is 0 Å². The minimum Gasteiger partial charge on any atom is -0.455 e. The van der Waals surface area contributed by atoms with Crippen molar-refractivity contribution in [1.29, 1.82) is 0 Å². The Labute approximate surface area is 303 Å². The van der Waals surface area contributed by atoms with Gasteiger partial charge in [-0.1, -0.05) is 188 Å². The molecule has 0 aliphatic rings. The summed E-state index contributed by atoms with van der Waals surface area (Å²) >= 11 is 0. The van der Waals surface area contributed by atoms with Crippen LogP contribution in [-0.4, -0.2) is 0 Å². The molecule has 0 radical (unpaired) electrons. The van der Waals surface area contributed by atoms with Crippen LogP contribution in [0.1, 0.15) is 22.6 Å². The minimum atomic E-state index is 0.0618. The van der Waals surface area contributed by atoms with E-state index in [1.54, 1.807) is 0 Å². The third kappa shape index (κ3) is 5.18. The summed E-state index contributed by atoms with van der Waals surface area (Å²) in [5.41, 5.74) is 13.0. The lowest BCUT2D eigenvalue weighted by Crippen LogP contribution is -2.04. The SMILES string of the molecule is c1ccc(-c2ccc(-c3ccc(C(c4ccc(-c5cc6c7ccccc7oc6c6ccccc56)cc4)c4cccc5ccccc45)cc3)cc2)cc1. The summed E-state index contributed by atoms with van der Waals surface area (Å²) in [6.45, 7) is 0. The van der Waals surface area contributed by atoms with Gasteiger partial charge < -0.3 is 4.42 Å². The Morgan fingerprint density at radius 3 is 1.52 bits per heavy atom. The van der Waals surface area contributed by atoms with Gasteiger partial charge in [0.1, 0.15) is 11.2 Å². The molecule has 1 heteroatoms. The van der Waals surface area contributed by atoms with Crippen LogP contribution in [0.3, 0.4) is 0 Å². The molecular formula is C51H34O. The topological polar surface area (TPSA) is 13.1 Å². The van der Waals surface area contributed by atoms with Gasteiger partial charge in [0.25, 0.3) is 0 Å². The zero-order valence-electron chi connectivity index (χ0n) is 28.5. The molecule has 0 saturated carbocycles. The maximum absolute atomic E-state index is 6.40. The Hall–Kier alpha value is -6.70. The number of hydrogen-bond donors (Lipinski definition) is 0. The van der Waals surface area contributed by atoms with Gasteiger partial charge in [-0.25, -0.2) is 0 Å². The summed E-state index contributed by atoms with van der Waals surface area (Å²) in [5, 5.41) is 7.16. The van der Waals surface area contributed by atoms with Crippen LogP contribution in [0.4, 0.5) is 0 Å². The van der Waals surface area contributed by atoms with E-state index in [4.69, 9.17) is 4.42 Å². The first-order valence-electron chi connectivity index (χ1n) is 18.0. The molecule has 1 unspecified atom stereocenters. The molecule has 0 amide bonds. The number of benzene rings is 9. The fourth-order valence-electron chi connectivity index (χ4n) is 8.05. The van der Waals surface area contributed by atoms with Crippen LogP contribution < -0.4 is 0 Å². The summed E-state index contributed by atoms with van der Waals surface area (Å²) in [5.74, 6) is 0.0618. The molecule has 52 heavy (non-hydrogen) atoms. The van der Waals surface area contributed by atoms with Gasteiger partial charge in [-0.3, -0.25) is 0 Å². The van der Waals surface area contributed by atoms with Gasteiger partial charge in [-0.15, -0.1) is 0 Å². The maximum atomic E-state index is 6.40. The predicted molar refractivity (Wildman–Crippen MR) is 219 cm³/mol. The number of para-hydroxylation sites is 1. The van der Waals surface area contributed by atoms with Gasteiger partial charge in [0, 0.05) is 22.1 Å². The third-order valence-electron chi connectivity index (χ3n) is 10.6.